The number of fused-ring (bicyclic) bond motifs is 3. The number of carbonyl (C=O) groups excluding carboxylic acids is 1. The summed E-state index contributed by atoms with van der Waals surface area (Å²) in [6.07, 6.45) is 0. The fraction of sp³-hybridized carbons (Fsp3) is 0.154. The number of nitrogens with one attached hydrogen (secondary N) is 1. The summed E-state index contributed by atoms with van der Waals surface area (Å²) in [5, 5.41) is 3.63. The molecule has 35 heavy (non-hydrogen) atoms. The van der Waals surface area contributed by atoms with E-state index in [1.165, 1.54) is 23.0 Å². The van der Waals surface area contributed by atoms with Gasteiger partial charge in [-0.25, -0.2) is 9.97 Å². The maximum Gasteiger partial charge on any atom is 0.272 e. The Labute approximate surface area is 204 Å². The lowest BCUT2D eigenvalue weighted by molar-refractivity contribution is -0.116. The molecule has 5 rings (SSSR count). The van der Waals surface area contributed by atoms with Gasteiger partial charge in [0.25, 0.3) is 5.56 Å². The Morgan fingerprint density at radius 1 is 1.00 bits per heavy atom. The third-order valence-electron chi connectivity index (χ3n) is 5.67. The molecule has 0 aliphatic heterocycles. The molecule has 3 aromatic heterocycles. The lowest BCUT2D eigenvalue weighted by Crippen LogP contribution is -2.29. The molecule has 9 heteroatoms. The Morgan fingerprint density at radius 3 is 2.51 bits per heavy atom. The van der Waals surface area contributed by atoms with Crippen LogP contribution in [0.5, 0.6) is 11.5 Å². The van der Waals surface area contributed by atoms with Gasteiger partial charge >= 0.3 is 0 Å². The molecule has 2 aromatic carbocycles. The van der Waals surface area contributed by atoms with Gasteiger partial charge in [0.1, 0.15) is 21.9 Å². The second-order valence-electron chi connectivity index (χ2n) is 7.86. The second-order valence-corrected chi connectivity index (χ2v) is 8.86. The summed E-state index contributed by atoms with van der Waals surface area (Å²) in [7, 11) is 3.07. The van der Waals surface area contributed by atoms with E-state index in [2.05, 4.69) is 10.3 Å². The van der Waals surface area contributed by atoms with E-state index in [0.29, 0.717) is 33.2 Å². The molecule has 0 saturated carbocycles. The van der Waals surface area contributed by atoms with Crippen molar-refractivity contribution in [3.63, 3.8) is 0 Å². The Balaban J connectivity index is 1.47. The van der Waals surface area contributed by atoms with Crippen molar-refractivity contribution in [2.45, 2.75) is 13.5 Å². The predicted molar refractivity (Wildman–Crippen MR) is 138 cm³/mol. The van der Waals surface area contributed by atoms with Crippen LogP contribution in [0.2, 0.25) is 0 Å². The SMILES string of the molecule is COc1ccc(NC(=O)Cn2c(C)nc3c(sc4nc(-c5ccccc5)ccc43)c2=O)cc1OC. The maximum absolute atomic E-state index is 13.3. The molecule has 0 spiro atoms. The molecule has 1 N–H and O–H groups in total. The summed E-state index contributed by atoms with van der Waals surface area (Å²) in [4.78, 5) is 36.3. The lowest BCUT2D eigenvalue weighted by atomic mass is 10.1. The highest BCUT2D eigenvalue weighted by atomic mass is 32.1. The first-order chi connectivity index (χ1) is 17.0. The first-order valence-electron chi connectivity index (χ1n) is 10.9. The maximum atomic E-state index is 13.3. The fourth-order valence-corrected chi connectivity index (χ4v) is 4.99. The zero-order chi connectivity index (χ0) is 24.5. The van der Waals surface area contributed by atoms with Crippen molar-refractivity contribution in [3.8, 4) is 22.8 Å². The summed E-state index contributed by atoms with van der Waals surface area (Å²) >= 11 is 1.29. The number of amides is 1. The minimum Gasteiger partial charge on any atom is -0.493 e. The quantitative estimate of drug-likeness (QED) is 0.376. The van der Waals surface area contributed by atoms with Gasteiger partial charge in [-0.05, 0) is 31.2 Å². The highest BCUT2D eigenvalue weighted by Gasteiger charge is 2.17. The number of aryl methyl sites for hydroxylation is 1. The predicted octanol–water partition coefficient (Wildman–Crippen LogP) is 4.64. The van der Waals surface area contributed by atoms with E-state index in [-0.39, 0.29) is 18.0 Å². The molecule has 0 unspecified atom stereocenters. The van der Waals surface area contributed by atoms with Crippen LogP contribution in [0.3, 0.4) is 0 Å². The van der Waals surface area contributed by atoms with E-state index >= 15 is 0 Å². The average molecular weight is 487 g/mol. The van der Waals surface area contributed by atoms with Crippen LogP contribution in [-0.4, -0.2) is 34.7 Å². The Morgan fingerprint density at radius 2 is 1.77 bits per heavy atom. The van der Waals surface area contributed by atoms with Crippen LogP contribution in [0.4, 0.5) is 5.69 Å². The molecule has 0 saturated heterocycles. The zero-order valence-corrected chi connectivity index (χ0v) is 20.2. The number of pyridine rings is 1. The van der Waals surface area contributed by atoms with Crippen molar-refractivity contribution < 1.29 is 14.3 Å². The monoisotopic (exact) mass is 486 g/mol. The van der Waals surface area contributed by atoms with Gasteiger partial charge in [-0.3, -0.25) is 14.2 Å². The van der Waals surface area contributed by atoms with Crippen molar-refractivity contribution in [2.75, 3.05) is 19.5 Å². The van der Waals surface area contributed by atoms with E-state index in [0.717, 1.165) is 21.5 Å². The second kappa shape index (κ2) is 9.19. The third-order valence-corrected chi connectivity index (χ3v) is 6.75. The van der Waals surface area contributed by atoms with Crippen LogP contribution in [0.15, 0.2) is 65.5 Å². The molecule has 3 heterocycles. The van der Waals surface area contributed by atoms with Crippen LogP contribution in [0.1, 0.15) is 5.82 Å². The van der Waals surface area contributed by atoms with E-state index in [1.54, 1.807) is 32.2 Å². The number of nitrogens with zero attached hydrogens (tertiary/aromatic N) is 3. The lowest BCUT2D eigenvalue weighted by Gasteiger charge is -2.12. The number of ether oxygens (including phenoxy) is 2. The van der Waals surface area contributed by atoms with E-state index in [9.17, 15) is 9.59 Å². The van der Waals surface area contributed by atoms with Gasteiger partial charge < -0.3 is 14.8 Å². The van der Waals surface area contributed by atoms with Gasteiger partial charge in [-0.15, -0.1) is 11.3 Å². The Kier molecular flexibility index (Phi) is 5.92. The first-order valence-corrected chi connectivity index (χ1v) is 11.7. The molecular formula is C26H22N4O4S. The molecular weight excluding hydrogens is 464 g/mol. The summed E-state index contributed by atoms with van der Waals surface area (Å²) in [5.41, 5.74) is 2.71. The van der Waals surface area contributed by atoms with Crippen molar-refractivity contribution >= 4 is 43.4 Å². The Bertz CT molecular complexity index is 1630. The number of carbonyl (C=O) groups is 1. The summed E-state index contributed by atoms with van der Waals surface area (Å²) < 4.78 is 12.4. The largest absolute Gasteiger partial charge is 0.493 e. The summed E-state index contributed by atoms with van der Waals surface area (Å²) in [6, 6.07) is 18.8. The van der Waals surface area contributed by atoms with Gasteiger partial charge in [0.15, 0.2) is 11.5 Å². The Hall–Kier alpha value is -4.24. The van der Waals surface area contributed by atoms with Crippen molar-refractivity contribution in [2.24, 2.45) is 0 Å². The number of rotatable bonds is 6. The normalized spacial score (nSPS) is 11.1. The van der Waals surface area contributed by atoms with Crippen molar-refractivity contribution in [1.82, 2.24) is 14.5 Å². The van der Waals surface area contributed by atoms with Gasteiger partial charge in [-0.2, -0.15) is 0 Å². The molecule has 0 atom stereocenters. The number of hydrogen-bond acceptors (Lipinski definition) is 7. The summed E-state index contributed by atoms with van der Waals surface area (Å²) in [5.74, 6) is 1.15. The number of anilines is 1. The molecule has 5 aromatic rings. The highest BCUT2D eigenvalue weighted by molar-refractivity contribution is 7.25. The van der Waals surface area contributed by atoms with Gasteiger partial charge in [-0.1, -0.05) is 30.3 Å². The number of benzene rings is 2. The standard InChI is InChI=1S/C26H22N4O4S/c1-15-27-23-18-10-11-19(16-7-5-4-6-8-16)29-25(18)35-24(23)26(32)30(15)14-22(31)28-17-9-12-20(33-2)21(13-17)34-3/h4-13H,14H2,1-3H3,(H,28,31). The van der Waals surface area contributed by atoms with E-state index in [4.69, 9.17) is 14.5 Å². The molecule has 0 bridgehead atoms. The van der Waals surface area contributed by atoms with Gasteiger partial charge in [0.2, 0.25) is 5.91 Å². The molecule has 0 fully saturated rings. The molecule has 8 nitrogen and oxygen atoms in total. The smallest absolute Gasteiger partial charge is 0.272 e. The molecule has 0 aliphatic carbocycles. The first kappa shape index (κ1) is 22.5. The number of hydrogen-bond donors (Lipinski definition) is 1. The van der Waals surface area contributed by atoms with Crippen LogP contribution in [-0.2, 0) is 11.3 Å². The van der Waals surface area contributed by atoms with Crippen molar-refractivity contribution in [3.05, 3.63) is 76.8 Å². The average Bonchev–Trinajstić information content (AvgIpc) is 3.24. The minimum atomic E-state index is -0.353. The fourth-order valence-electron chi connectivity index (χ4n) is 3.93. The van der Waals surface area contributed by atoms with Crippen LogP contribution >= 0.6 is 11.3 Å². The van der Waals surface area contributed by atoms with Crippen molar-refractivity contribution in [1.29, 1.82) is 0 Å². The van der Waals surface area contributed by atoms with Crippen LogP contribution in [0, 0.1) is 6.92 Å². The molecule has 176 valence electrons. The molecule has 1 amide bonds. The molecule has 0 aliphatic rings. The third kappa shape index (κ3) is 4.22. The van der Waals surface area contributed by atoms with E-state index < -0.39 is 0 Å². The van der Waals surface area contributed by atoms with Crippen LogP contribution in [0.25, 0.3) is 31.7 Å². The summed E-state index contributed by atoms with van der Waals surface area (Å²) in [6.45, 7) is 1.55. The minimum absolute atomic E-state index is 0.168. The number of aromatic nitrogens is 3. The molecule has 0 radical (unpaired) electrons. The highest BCUT2D eigenvalue weighted by Crippen LogP contribution is 2.32. The van der Waals surface area contributed by atoms with Gasteiger partial charge in [0, 0.05) is 22.7 Å². The number of methoxy groups -OCH3 is 2. The topological polar surface area (TPSA) is 95.3 Å². The number of thiophene rings is 1. The van der Waals surface area contributed by atoms with Gasteiger partial charge in [0.05, 0.1) is 25.4 Å². The van der Waals surface area contributed by atoms with E-state index in [1.807, 2.05) is 42.5 Å². The zero-order valence-electron chi connectivity index (χ0n) is 19.4. The van der Waals surface area contributed by atoms with Crippen LogP contribution < -0.4 is 20.3 Å².